The molecule has 0 saturated heterocycles. The monoisotopic (exact) mass is 235 g/mol. The van der Waals surface area contributed by atoms with Gasteiger partial charge in [-0.15, -0.1) is 0 Å². The fraction of sp³-hybridized carbons (Fsp3) is 0.182. The van der Waals surface area contributed by atoms with Crippen LogP contribution in [0, 0.1) is 11.3 Å². The Morgan fingerprint density at radius 1 is 1.54 bits per heavy atom. The van der Waals surface area contributed by atoms with Gasteiger partial charge in [-0.2, -0.15) is 5.26 Å². The number of benzene rings is 1. The zero-order chi connectivity index (χ0) is 9.68. The third kappa shape index (κ3) is 2.71. The van der Waals surface area contributed by atoms with E-state index in [9.17, 15) is 0 Å². The lowest BCUT2D eigenvalue weighted by Crippen LogP contribution is -1.79. The smallest absolute Gasteiger partial charge is 0.0991 e. The van der Waals surface area contributed by atoms with E-state index in [2.05, 4.69) is 35.0 Å². The summed E-state index contributed by atoms with van der Waals surface area (Å²) in [5.74, 6) is 0. The molecule has 0 N–H and O–H groups in total. The summed E-state index contributed by atoms with van der Waals surface area (Å²) >= 11 is 3.43. The summed E-state index contributed by atoms with van der Waals surface area (Å²) in [6.45, 7) is 2.08. The number of hydrogen-bond acceptors (Lipinski definition) is 1. The van der Waals surface area contributed by atoms with Gasteiger partial charge in [-0.25, -0.2) is 0 Å². The maximum Gasteiger partial charge on any atom is 0.0991 e. The number of hydrogen-bond donors (Lipinski definition) is 0. The number of halogens is 1. The number of nitrogens with zero attached hydrogens (tertiary/aromatic N) is 1. The van der Waals surface area contributed by atoms with E-state index in [1.54, 1.807) is 6.07 Å². The van der Waals surface area contributed by atoms with Crippen molar-refractivity contribution in [3.8, 4) is 6.07 Å². The van der Waals surface area contributed by atoms with Crippen molar-refractivity contribution in [2.75, 3.05) is 0 Å². The Morgan fingerprint density at radius 3 is 2.92 bits per heavy atom. The summed E-state index contributed by atoms with van der Waals surface area (Å²) in [7, 11) is 0. The lowest BCUT2D eigenvalue weighted by Gasteiger charge is -1.98. The molecule has 0 unspecified atom stereocenters. The van der Waals surface area contributed by atoms with Crippen LogP contribution in [0.5, 0.6) is 0 Å². The maximum absolute atomic E-state index is 8.69. The van der Waals surface area contributed by atoms with Gasteiger partial charge in [0.05, 0.1) is 11.6 Å². The predicted octanol–water partition coefficient (Wildman–Crippen LogP) is 3.74. The Labute approximate surface area is 86.8 Å². The molecule has 0 aromatic heterocycles. The van der Waals surface area contributed by atoms with Crippen molar-refractivity contribution in [3.05, 3.63) is 39.9 Å². The molecule has 0 bridgehead atoms. The highest BCUT2D eigenvalue weighted by atomic mass is 79.9. The molecular formula is C11H10BrN. The lowest BCUT2D eigenvalue weighted by molar-refractivity contribution is 1.23. The third-order valence-corrected chi connectivity index (χ3v) is 2.38. The van der Waals surface area contributed by atoms with Crippen LogP contribution < -0.4 is 0 Å². The fourth-order valence-corrected chi connectivity index (χ4v) is 1.36. The van der Waals surface area contributed by atoms with E-state index in [1.165, 1.54) is 0 Å². The summed E-state index contributed by atoms with van der Waals surface area (Å²) in [5, 5.41) is 8.69. The van der Waals surface area contributed by atoms with Crippen LogP contribution in [0.4, 0.5) is 0 Å². The summed E-state index contributed by atoms with van der Waals surface area (Å²) in [4.78, 5) is 0. The van der Waals surface area contributed by atoms with Gasteiger partial charge < -0.3 is 0 Å². The second kappa shape index (κ2) is 4.84. The predicted molar refractivity (Wildman–Crippen MR) is 58.2 cm³/mol. The lowest BCUT2D eigenvalue weighted by atomic mass is 10.1. The molecule has 0 radical (unpaired) electrons. The first-order valence-corrected chi connectivity index (χ1v) is 4.93. The summed E-state index contributed by atoms with van der Waals surface area (Å²) in [6.07, 6.45) is 5.09. The fourth-order valence-electron chi connectivity index (χ4n) is 0.986. The van der Waals surface area contributed by atoms with Crippen molar-refractivity contribution in [3.63, 3.8) is 0 Å². The van der Waals surface area contributed by atoms with E-state index in [0.29, 0.717) is 5.56 Å². The van der Waals surface area contributed by atoms with Crippen LogP contribution in [0.15, 0.2) is 28.7 Å². The Kier molecular flexibility index (Phi) is 3.72. The zero-order valence-corrected chi connectivity index (χ0v) is 9.01. The van der Waals surface area contributed by atoms with Gasteiger partial charge in [0.25, 0.3) is 0 Å². The van der Waals surface area contributed by atoms with Crippen LogP contribution in [0.3, 0.4) is 0 Å². The Balaban J connectivity index is 3.06. The molecule has 0 fully saturated rings. The SMILES string of the molecule is CCC=Cc1cc(C#N)ccc1Br. The van der Waals surface area contributed by atoms with Gasteiger partial charge in [0.2, 0.25) is 0 Å². The molecule has 2 heteroatoms. The van der Waals surface area contributed by atoms with Crippen LogP contribution in [0.1, 0.15) is 24.5 Å². The van der Waals surface area contributed by atoms with Gasteiger partial charge in [-0.05, 0) is 30.2 Å². The van der Waals surface area contributed by atoms with E-state index in [1.807, 2.05) is 18.2 Å². The van der Waals surface area contributed by atoms with Gasteiger partial charge in [-0.1, -0.05) is 35.0 Å². The van der Waals surface area contributed by atoms with E-state index in [0.717, 1.165) is 16.5 Å². The van der Waals surface area contributed by atoms with Crippen LogP contribution in [0.2, 0.25) is 0 Å². The number of allylic oxidation sites excluding steroid dienone is 1. The van der Waals surface area contributed by atoms with Crippen LogP contribution in [-0.2, 0) is 0 Å². The molecule has 0 aliphatic carbocycles. The van der Waals surface area contributed by atoms with E-state index in [4.69, 9.17) is 5.26 Å². The van der Waals surface area contributed by atoms with Crippen LogP contribution >= 0.6 is 15.9 Å². The molecule has 0 amide bonds. The Bertz CT molecular complexity index is 361. The van der Waals surface area contributed by atoms with Gasteiger partial charge in [0.15, 0.2) is 0 Å². The molecule has 0 spiro atoms. The minimum atomic E-state index is 0.693. The maximum atomic E-state index is 8.69. The Morgan fingerprint density at radius 2 is 2.31 bits per heavy atom. The summed E-state index contributed by atoms with van der Waals surface area (Å²) < 4.78 is 1.02. The van der Waals surface area contributed by atoms with Crippen LogP contribution in [0.25, 0.3) is 6.08 Å². The molecule has 1 aromatic carbocycles. The van der Waals surface area contributed by atoms with Crippen molar-refractivity contribution < 1.29 is 0 Å². The molecule has 66 valence electrons. The van der Waals surface area contributed by atoms with Crippen molar-refractivity contribution in [1.29, 1.82) is 5.26 Å². The molecule has 1 rings (SSSR count). The second-order valence-electron chi connectivity index (χ2n) is 2.66. The quantitative estimate of drug-likeness (QED) is 0.767. The largest absolute Gasteiger partial charge is 0.192 e. The van der Waals surface area contributed by atoms with E-state index >= 15 is 0 Å². The van der Waals surface area contributed by atoms with E-state index < -0.39 is 0 Å². The molecule has 0 aliphatic heterocycles. The molecule has 1 nitrogen and oxygen atoms in total. The molecule has 1 aromatic rings. The number of nitriles is 1. The summed E-state index contributed by atoms with van der Waals surface area (Å²) in [6, 6.07) is 7.68. The number of rotatable bonds is 2. The topological polar surface area (TPSA) is 23.8 Å². The minimum Gasteiger partial charge on any atom is -0.192 e. The van der Waals surface area contributed by atoms with Crippen molar-refractivity contribution in [2.24, 2.45) is 0 Å². The van der Waals surface area contributed by atoms with Crippen molar-refractivity contribution in [2.45, 2.75) is 13.3 Å². The highest BCUT2D eigenvalue weighted by Gasteiger charge is 1.96. The van der Waals surface area contributed by atoms with Crippen molar-refractivity contribution >= 4 is 22.0 Å². The first-order chi connectivity index (χ1) is 6.27. The minimum absolute atomic E-state index is 0.693. The highest BCUT2D eigenvalue weighted by molar-refractivity contribution is 9.10. The van der Waals surface area contributed by atoms with Gasteiger partial charge in [0, 0.05) is 4.47 Å². The van der Waals surface area contributed by atoms with Crippen LogP contribution in [-0.4, -0.2) is 0 Å². The third-order valence-electron chi connectivity index (χ3n) is 1.66. The van der Waals surface area contributed by atoms with Gasteiger partial charge in [-0.3, -0.25) is 0 Å². The molecule has 0 aliphatic rings. The molecular weight excluding hydrogens is 226 g/mol. The molecule has 0 atom stereocenters. The first-order valence-electron chi connectivity index (χ1n) is 4.14. The second-order valence-corrected chi connectivity index (χ2v) is 3.51. The van der Waals surface area contributed by atoms with Gasteiger partial charge in [0.1, 0.15) is 0 Å². The standard InChI is InChI=1S/C11H10BrN/c1-2-3-4-10-7-9(8-13)5-6-11(10)12/h3-7H,2H2,1H3. The highest BCUT2D eigenvalue weighted by Crippen LogP contribution is 2.19. The van der Waals surface area contributed by atoms with Crippen molar-refractivity contribution in [1.82, 2.24) is 0 Å². The Hall–Kier alpha value is -1.07. The first kappa shape index (κ1) is 10.0. The van der Waals surface area contributed by atoms with E-state index in [-0.39, 0.29) is 0 Å². The van der Waals surface area contributed by atoms with Gasteiger partial charge >= 0.3 is 0 Å². The molecule has 0 heterocycles. The summed E-state index contributed by atoms with van der Waals surface area (Å²) in [5.41, 5.74) is 1.75. The normalized spacial score (nSPS) is 10.2. The molecule has 0 saturated carbocycles. The average Bonchev–Trinajstić information content (AvgIpc) is 2.17. The molecule has 13 heavy (non-hydrogen) atoms. The average molecular weight is 236 g/mol. The zero-order valence-electron chi connectivity index (χ0n) is 7.42.